The third-order valence-corrected chi connectivity index (χ3v) is 3.71. The van der Waals surface area contributed by atoms with E-state index >= 15 is 0 Å². The van der Waals surface area contributed by atoms with Gasteiger partial charge >= 0.3 is 5.97 Å². The topological polar surface area (TPSA) is 123 Å². The number of carbonyl (C=O) groups is 1. The number of benzene rings is 2. The largest absolute Gasteiger partial charge is 0.493 e. The summed E-state index contributed by atoms with van der Waals surface area (Å²) in [6.07, 6.45) is 1.56. The molecule has 10 nitrogen and oxygen atoms in total. The lowest BCUT2D eigenvalue weighted by molar-refractivity contribution is -0.132. The summed E-state index contributed by atoms with van der Waals surface area (Å²) >= 11 is 0. The molecule has 0 aliphatic rings. The standard InChI is InChI=1S/C20H21N7O3.ClH/c1-13(28)30-16-10-9-14(11-17(16)29-3)12-22-27-20-25-18(21-2)24-19(26-20)23-15-7-5-4-6-8-15;/h4-12H,1-3H3,(H3,21,23,24,25,26,27);1H. The molecule has 0 spiro atoms. The molecule has 2 aromatic carbocycles. The number of rotatable bonds is 8. The van der Waals surface area contributed by atoms with Crippen molar-refractivity contribution in [2.45, 2.75) is 6.92 Å². The zero-order valence-electron chi connectivity index (χ0n) is 17.1. The highest BCUT2D eigenvalue weighted by Crippen LogP contribution is 2.27. The lowest BCUT2D eigenvalue weighted by atomic mass is 10.2. The van der Waals surface area contributed by atoms with E-state index in [0.29, 0.717) is 23.4 Å². The van der Waals surface area contributed by atoms with Crippen molar-refractivity contribution < 1.29 is 14.3 Å². The molecule has 0 unspecified atom stereocenters. The fourth-order valence-electron chi connectivity index (χ4n) is 2.41. The molecule has 3 N–H and O–H groups in total. The Balaban J connectivity index is 0.00000341. The monoisotopic (exact) mass is 443 g/mol. The number of para-hydroxylation sites is 1. The van der Waals surface area contributed by atoms with Gasteiger partial charge in [0.05, 0.1) is 13.3 Å². The first kappa shape index (κ1) is 23.4. The highest BCUT2D eigenvalue weighted by Gasteiger charge is 2.08. The third kappa shape index (κ3) is 6.82. The van der Waals surface area contributed by atoms with Crippen LogP contribution in [0.5, 0.6) is 11.5 Å². The van der Waals surface area contributed by atoms with Gasteiger partial charge in [-0.05, 0) is 35.9 Å². The molecular formula is C20H22ClN7O3. The molecule has 31 heavy (non-hydrogen) atoms. The van der Waals surface area contributed by atoms with Crippen LogP contribution in [0, 0.1) is 0 Å². The van der Waals surface area contributed by atoms with Gasteiger partial charge < -0.3 is 20.1 Å². The number of anilines is 4. The van der Waals surface area contributed by atoms with Crippen LogP contribution in [0.15, 0.2) is 53.6 Å². The SMILES string of the molecule is CNc1nc(NN=Cc2ccc(OC(C)=O)c(OC)c2)nc(Nc2ccccc2)n1.Cl. The molecular weight excluding hydrogens is 422 g/mol. The fourth-order valence-corrected chi connectivity index (χ4v) is 2.41. The molecule has 0 saturated heterocycles. The molecule has 3 aromatic rings. The molecule has 162 valence electrons. The summed E-state index contributed by atoms with van der Waals surface area (Å²) in [5.41, 5.74) is 4.35. The fraction of sp³-hybridized carbons (Fsp3) is 0.150. The van der Waals surface area contributed by atoms with Gasteiger partial charge in [-0.25, -0.2) is 5.43 Å². The van der Waals surface area contributed by atoms with E-state index in [9.17, 15) is 4.79 Å². The number of halogens is 1. The number of esters is 1. The summed E-state index contributed by atoms with van der Waals surface area (Å²) < 4.78 is 10.3. The number of aromatic nitrogens is 3. The second kappa shape index (κ2) is 11.3. The van der Waals surface area contributed by atoms with Crippen LogP contribution in [0.1, 0.15) is 12.5 Å². The Hall–Kier alpha value is -3.92. The van der Waals surface area contributed by atoms with E-state index in [1.165, 1.54) is 14.0 Å². The lowest BCUT2D eigenvalue weighted by Crippen LogP contribution is -2.07. The Morgan fingerprint density at radius 1 is 1.00 bits per heavy atom. The van der Waals surface area contributed by atoms with Crippen LogP contribution in [0.25, 0.3) is 0 Å². The second-order valence-corrected chi connectivity index (χ2v) is 5.92. The number of nitrogens with zero attached hydrogens (tertiary/aromatic N) is 4. The lowest BCUT2D eigenvalue weighted by Gasteiger charge is -2.09. The Bertz CT molecular complexity index is 1050. The summed E-state index contributed by atoms with van der Waals surface area (Å²) in [6.45, 7) is 1.33. The molecule has 0 radical (unpaired) electrons. The van der Waals surface area contributed by atoms with E-state index in [2.05, 4.69) is 36.1 Å². The maximum absolute atomic E-state index is 11.1. The van der Waals surface area contributed by atoms with E-state index in [-0.39, 0.29) is 18.4 Å². The molecule has 11 heteroatoms. The molecule has 1 heterocycles. The number of methoxy groups -OCH3 is 1. The molecule has 0 amide bonds. The minimum Gasteiger partial charge on any atom is -0.493 e. The highest BCUT2D eigenvalue weighted by molar-refractivity contribution is 5.85. The minimum atomic E-state index is -0.425. The maximum Gasteiger partial charge on any atom is 0.308 e. The van der Waals surface area contributed by atoms with Crippen LogP contribution in [-0.2, 0) is 4.79 Å². The van der Waals surface area contributed by atoms with Gasteiger partial charge in [0.2, 0.25) is 17.8 Å². The van der Waals surface area contributed by atoms with E-state index in [4.69, 9.17) is 9.47 Å². The van der Waals surface area contributed by atoms with Crippen molar-refractivity contribution >= 4 is 48.1 Å². The van der Waals surface area contributed by atoms with Crippen LogP contribution in [0.2, 0.25) is 0 Å². The molecule has 0 bridgehead atoms. The minimum absolute atomic E-state index is 0. The van der Waals surface area contributed by atoms with Crippen LogP contribution in [-0.4, -0.2) is 41.3 Å². The first-order valence-electron chi connectivity index (χ1n) is 8.99. The molecule has 0 fully saturated rings. The Kier molecular flexibility index (Phi) is 8.52. The van der Waals surface area contributed by atoms with E-state index < -0.39 is 5.97 Å². The van der Waals surface area contributed by atoms with Gasteiger partial charge in [0.15, 0.2) is 11.5 Å². The third-order valence-electron chi connectivity index (χ3n) is 3.71. The molecule has 0 aliphatic heterocycles. The molecule has 0 saturated carbocycles. The van der Waals surface area contributed by atoms with E-state index in [0.717, 1.165) is 11.3 Å². The maximum atomic E-state index is 11.1. The summed E-state index contributed by atoms with van der Waals surface area (Å²) in [7, 11) is 3.21. The summed E-state index contributed by atoms with van der Waals surface area (Å²) in [6, 6.07) is 14.6. The number of hydrogen-bond acceptors (Lipinski definition) is 10. The first-order chi connectivity index (χ1) is 14.6. The quantitative estimate of drug-likeness (QED) is 0.208. The van der Waals surface area contributed by atoms with Crippen molar-refractivity contribution in [3.8, 4) is 11.5 Å². The smallest absolute Gasteiger partial charge is 0.308 e. The van der Waals surface area contributed by atoms with E-state index in [1.807, 2.05) is 30.3 Å². The van der Waals surface area contributed by atoms with Gasteiger partial charge in [-0.3, -0.25) is 4.79 Å². The molecule has 0 atom stereocenters. The average Bonchev–Trinajstić information content (AvgIpc) is 2.75. The second-order valence-electron chi connectivity index (χ2n) is 5.92. The summed E-state index contributed by atoms with van der Waals surface area (Å²) in [4.78, 5) is 24.0. The van der Waals surface area contributed by atoms with E-state index in [1.54, 1.807) is 31.5 Å². The predicted molar refractivity (Wildman–Crippen MR) is 122 cm³/mol. The van der Waals surface area contributed by atoms with Crippen LogP contribution < -0.4 is 25.5 Å². The Morgan fingerprint density at radius 2 is 1.71 bits per heavy atom. The van der Waals surface area contributed by atoms with Gasteiger partial charge in [-0.2, -0.15) is 20.1 Å². The van der Waals surface area contributed by atoms with Gasteiger partial charge in [0, 0.05) is 19.7 Å². The average molecular weight is 444 g/mol. The van der Waals surface area contributed by atoms with Crippen molar-refractivity contribution in [3.05, 3.63) is 54.1 Å². The summed E-state index contributed by atoms with van der Waals surface area (Å²) in [5.74, 6) is 1.34. The Morgan fingerprint density at radius 3 is 2.39 bits per heavy atom. The predicted octanol–water partition coefficient (Wildman–Crippen LogP) is 3.46. The normalized spacial score (nSPS) is 10.2. The van der Waals surface area contributed by atoms with Crippen LogP contribution in [0.4, 0.5) is 23.5 Å². The van der Waals surface area contributed by atoms with Crippen molar-refractivity contribution in [1.82, 2.24) is 15.0 Å². The first-order valence-corrected chi connectivity index (χ1v) is 8.99. The zero-order valence-corrected chi connectivity index (χ0v) is 17.9. The Labute approximate surface area is 185 Å². The highest BCUT2D eigenvalue weighted by atomic mass is 35.5. The van der Waals surface area contributed by atoms with Crippen molar-refractivity contribution in [2.24, 2.45) is 5.10 Å². The number of carbonyl (C=O) groups excluding carboxylic acids is 1. The van der Waals surface area contributed by atoms with Crippen molar-refractivity contribution in [1.29, 1.82) is 0 Å². The molecule has 3 rings (SSSR count). The van der Waals surface area contributed by atoms with Gasteiger partial charge in [-0.15, -0.1) is 12.4 Å². The van der Waals surface area contributed by atoms with Crippen molar-refractivity contribution in [3.63, 3.8) is 0 Å². The van der Waals surface area contributed by atoms with Crippen molar-refractivity contribution in [2.75, 3.05) is 30.2 Å². The molecule has 0 aliphatic carbocycles. The van der Waals surface area contributed by atoms with Gasteiger partial charge in [0.25, 0.3) is 0 Å². The number of ether oxygens (including phenoxy) is 2. The van der Waals surface area contributed by atoms with Crippen LogP contribution >= 0.6 is 12.4 Å². The number of hydrogen-bond donors (Lipinski definition) is 3. The van der Waals surface area contributed by atoms with Gasteiger partial charge in [-0.1, -0.05) is 18.2 Å². The molecule has 1 aromatic heterocycles. The van der Waals surface area contributed by atoms with Crippen LogP contribution in [0.3, 0.4) is 0 Å². The number of nitrogens with one attached hydrogen (secondary N) is 3. The summed E-state index contributed by atoms with van der Waals surface area (Å²) in [5, 5.41) is 10.2. The van der Waals surface area contributed by atoms with Gasteiger partial charge in [0.1, 0.15) is 0 Å². The number of hydrazone groups is 1. The zero-order chi connectivity index (χ0) is 21.3.